The molecule has 11 heavy (non-hydrogen) atoms. The van der Waals surface area contributed by atoms with Crippen molar-refractivity contribution in [3.63, 3.8) is 0 Å². The fraction of sp³-hybridized carbons (Fsp3) is 0.500. The third-order valence-electron chi connectivity index (χ3n) is 1.13. The Hall–Kier alpha value is -0.640. The Morgan fingerprint density at radius 2 is 2.36 bits per heavy atom. The summed E-state index contributed by atoms with van der Waals surface area (Å²) >= 11 is 5.32. The van der Waals surface area contributed by atoms with Gasteiger partial charge in [-0.2, -0.15) is 8.78 Å². The molecule has 0 unspecified atom stereocenters. The van der Waals surface area contributed by atoms with Crippen LogP contribution in [-0.4, -0.2) is 5.16 Å². The van der Waals surface area contributed by atoms with Crippen LogP contribution < -0.4 is 0 Å². The zero-order chi connectivity index (χ0) is 8.48. The van der Waals surface area contributed by atoms with Crippen LogP contribution in [0.15, 0.2) is 10.6 Å². The van der Waals surface area contributed by atoms with Gasteiger partial charge >= 0.3 is 5.92 Å². The van der Waals surface area contributed by atoms with E-state index in [4.69, 9.17) is 11.6 Å². The summed E-state index contributed by atoms with van der Waals surface area (Å²) in [6, 6.07) is 1.15. The van der Waals surface area contributed by atoms with E-state index < -0.39 is 11.7 Å². The highest BCUT2D eigenvalue weighted by molar-refractivity contribution is 6.16. The van der Waals surface area contributed by atoms with E-state index in [1.165, 1.54) is 0 Å². The number of hydrogen-bond acceptors (Lipinski definition) is 2. The summed E-state index contributed by atoms with van der Waals surface area (Å²) in [6.07, 6.45) is 0. The summed E-state index contributed by atoms with van der Waals surface area (Å²) in [4.78, 5) is 0. The Bertz CT molecular complexity index is 243. The van der Waals surface area contributed by atoms with Gasteiger partial charge in [-0.25, -0.2) is 0 Å². The minimum Gasteiger partial charge on any atom is -0.355 e. The first-order valence-electron chi connectivity index (χ1n) is 2.94. The molecule has 5 heteroatoms. The molecule has 0 aliphatic rings. The van der Waals surface area contributed by atoms with E-state index in [9.17, 15) is 8.78 Å². The number of rotatable bonds is 2. The SMILES string of the molecule is CC(F)(F)c1cc(CCl)no1. The zero-order valence-electron chi connectivity index (χ0n) is 5.77. The first-order chi connectivity index (χ1) is 5.04. The molecule has 0 aliphatic heterocycles. The predicted octanol–water partition coefficient (Wildman–Crippen LogP) is 2.53. The third-order valence-corrected chi connectivity index (χ3v) is 1.40. The topological polar surface area (TPSA) is 26.0 Å². The van der Waals surface area contributed by atoms with Gasteiger partial charge in [0.1, 0.15) is 0 Å². The molecule has 0 saturated carbocycles. The third kappa shape index (κ3) is 1.89. The number of hydrogen-bond donors (Lipinski definition) is 0. The lowest BCUT2D eigenvalue weighted by Gasteiger charge is -2.02. The van der Waals surface area contributed by atoms with E-state index in [0.717, 1.165) is 13.0 Å². The second-order valence-corrected chi connectivity index (χ2v) is 2.47. The summed E-state index contributed by atoms with van der Waals surface area (Å²) in [5.41, 5.74) is 0.322. The Morgan fingerprint density at radius 1 is 1.73 bits per heavy atom. The average Bonchev–Trinajstić information content (AvgIpc) is 2.32. The van der Waals surface area contributed by atoms with Gasteiger partial charge in [0.2, 0.25) is 5.76 Å². The standard InChI is InChI=1S/C6H6ClF2NO/c1-6(8,9)5-2-4(3-7)10-11-5/h2H,3H2,1H3. The van der Waals surface area contributed by atoms with Gasteiger partial charge in [0, 0.05) is 13.0 Å². The predicted molar refractivity (Wildman–Crippen MR) is 35.6 cm³/mol. The first kappa shape index (κ1) is 8.46. The summed E-state index contributed by atoms with van der Waals surface area (Å²) in [5, 5.41) is 3.31. The summed E-state index contributed by atoms with van der Waals surface area (Å²) < 4.78 is 29.2. The maximum Gasteiger partial charge on any atom is 0.304 e. The van der Waals surface area contributed by atoms with Gasteiger partial charge < -0.3 is 4.52 Å². The van der Waals surface area contributed by atoms with Crippen molar-refractivity contribution in [1.29, 1.82) is 0 Å². The van der Waals surface area contributed by atoms with Crippen molar-refractivity contribution < 1.29 is 13.3 Å². The highest BCUT2D eigenvalue weighted by Gasteiger charge is 2.29. The first-order valence-corrected chi connectivity index (χ1v) is 3.47. The van der Waals surface area contributed by atoms with Gasteiger partial charge in [-0.1, -0.05) is 5.16 Å². The van der Waals surface area contributed by atoms with Crippen LogP contribution in [0.3, 0.4) is 0 Å². The quantitative estimate of drug-likeness (QED) is 0.656. The molecular formula is C6H6ClF2NO. The number of halogens is 3. The van der Waals surface area contributed by atoms with Crippen LogP contribution in [-0.2, 0) is 11.8 Å². The second-order valence-electron chi connectivity index (χ2n) is 2.20. The molecule has 0 amide bonds. The molecule has 0 atom stereocenters. The van der Waals surface area contributed by atoms with E-state index >= 15 is 0 Å². The molecule has 1 aromatic heterocycles. The highest BCUT2D eigenvalue weighted by atomic mass is 35.5. The van der Waals surface area contributed by atoms with Crippen LogP contribution in [0.1, 0.15) is 18.4 Å². The average molecular weight is 182 g/mol. The van der Waals surface area contributed by atoms with Gasteiger partial charge in [0.05, 0.1) is 11.6 Å². The summed E-state index contributed by atoms with van der Waals surface area (Å²) in [6.45, 7) is 0.742. The van der Waals surface area contributed by atoms with Crippen LogP contribution in [0, 0.1) is 0 Å². The normalized spacial score (nSPS) is 12.0. The molecule has 1 aromatic rings. The fourth-order valence-corrected chi connectivity index (χ4v) is 0.708. The van der Waals surface area contributed by atoms with E-state index in [0.29, 0.717) is 5.69 Å². The molecule has 0 N–H and O–H groups in total. The number of alkyl halides is 3. The van der Waals surface area contributed by atoms with E-state index in [1.54, 1.807) is 0 Å². The smallest absolute Gasteiger partial charge is 0.304 e. The minimum atomic E-state index is -2.97. The van der Waals surface area contributed by atoms with Crippen molar-refractivity contribution in [1.82, 2.24) is 5.16 Å². The molecule has 0 aromatic carbocycles. The molecule has 1 rings (SSSR count). The lowest BCUT2D eigenvalue weighted by atomic mass is 10.3. The van der Waals surface area contributed by atoms with Gasteiger partial charge in [-0.3, -0.25) is 0 Å². The lowest BCUT2D eigenvalue weighted by Crippen LogP contribution is -2.04. The van der Waals surface area contributed by atoms with Crippen molar-refractivity contribution in [3.8, 4) is 0 Å². The Morgan fingerprint density at radius 3 is 2.64 bits per heavy atom. The second kappa shape index (κ2) is 2.77. The van der Waals surface area contributed by atoms with E-state index in [1.807, 2.05) is 0 Å². The lowest BCUT2D eigenvalue weighted by molar-refractivity contribution is -0.0105. The molecule has 0 bridgehead atoms. The molecule has 62 valence electrons. The van der Waals surface area contributed by atoms with Gasteiger partial charge in [0.25, 0.3) is 0 Å². The van der Waals surface area contributed by atoms with Crippen molar-refractivity contribution in [2.24, 2.45) is 0 Å². The summed E-state index contributed by atoms with van der Waals surface area (Å²) in [7, 11) is 0. The highest BCUT2D eigenvalue weighted by Crippen LogP contribution is 2.27. The Kier molecular flexibility index (Phi) is 2.13. The van der Waals surface area contributed by atoms with Gasteiger partial charge in [0.15, 0.2) is 0 Å². The van der Waals surface area contributed by atoms with Gasteiger partial charge in [-0.15, -0.1) is 11.6 Å². The van der Waals surface area contributed by atoms with Gasteiger partial charge in [-0.05, 0) is 0 Å². The molecule has 2 nitrogen and oxygen atoms in total. The maximum atomic E-state index is 12.4. The maximum absolute atomic E-state index is 12.4. The van der Waals surface area contributed by atoms with Crippen molar-refractivity contribution in [2.75, 3.05) is 0 Å². The zero-order valence-corrected chi connectivity index (χ0v) is 6.53. The molecule has 1 heterocycles. The molecule has 0 saturated heterocycles. The van der Waals surface area contributed by atoms with Crippen molar-refractivity contribution in [2.45, 2.75) is 18.7 Å². The fourth-order valence-electron chi connectivity index (χ4n) is 0.582. The van der Waals surface area contributed by atoms with E-state index in [2.05, 4.69) is 9.68 Å². The monoisotopic (exact) mass is 181 g/mol. The van der Waals surface area contributed by atoms with Crippen LogP contribution in [0.4, 0.5) is 8.78 Å². The van der Waals surface area contributed by atoms with Crippen molar-refractivity contribution >= 4 is 11.6 Å². The van der Waals surface area contributed by atoms with Crippen LogP contribution in [0.25, 0.3) is 0 Å². The Balaban J connectivity index is 2.89. The molecule has 0 fully saturated rings. The minimum absolute atomic E-state index is 0.0829. The molecular weight excluding hydrogens is 176 g/mol. The molecule has 0 aliphatic carbocycles. The Labute approximate surface area is 67.1 Å². The molecule has 0 radical (unpaired) electrons. The van der Waals surface area contributed by atoms with E-state index in [-0.39, 0.29) is 5.88 Å². The number of aromatic nitrogens is 1. The molecule has 0 spiro atoms. The van der Waals surface area contributed by atoms with Crippen LogP contribution >= 0.6 is 11.6 Å². The van der Waals surface area contributed by atoms with Crippen LogP contribution in [0.5, 0.6) is 0 Å². The number of nitrogens with zero attached hydrogens (tertiary/aromatic N) is 1. The van der Waals surface area contributed by atoms with Crippen LogP contribution in [0.2, 0.25) is 0 Å². The van der Waals surface area contributed by atoms with Crippen molar-refractivity contribution in [3.05, 3.63) is 17.5 Å². The largest absolute Gasteiger partial charge is 0.355 e. The summed E-state index contributed by atoms with van der Waals surface area (Å²) in [5.74, 6) is -3.34.